The molecule has 1 heterocycles. The van der Waals surface area contributed by atoms with Gasteiger partial charge < -0.3 is 5.73 Å². The summed E-state index contributed by atoms with van der Waals surface area (Å²) < 4.78 is 2.35. The second-order valence-electron chi connectivity index (χ2n) is 3.32. The Morgan fingerprint density at radius 3 is 2.80 bits per heavy atom. The van der Waals surface area contributed by atoms with E-state index in [9.17, 15) is 0 Å². The molecule has 1 nitrogen and oxygen atoms in total. The number of hydrogen-bond donors (Lipinski definition) is 1. The van der Waals surface area contributed by atoms with Crippen molar-refractivity contribution in [2.45, 2.75) is 13.3 Å². The SMILES string of the molecule is CCc1cc(Br)c2sc(C(N)=S)cc2c1. The van der Waals surface area contributed by atoms with E-state index in [-0.39, 0.29) is 0 Å². The molecule has 1 aromatic heterocycles. The molecule has 0 radical (unpaired) electrons. The Kier molecular flexibility index (Phi) is 3.09. The number of thiophene rings is 1. The monoisotopic (exact) mass is 299 g/mol. The highest BCUT2D eigenvalue weighted by molar-refractivity contribution is 9.10. The van der Waals surface area contributed by atoms with E-state index in [0.717, 1.165) is 15.8 Å². The van der Waals surface area contributed by atoms with Crippen LogP contribution in [-0.2, 0) is 6.42 Å². The maximum atomic E-state index is 5.62. The third kappa shape index (κ3) is 2.07. The maximum absolute atomic E-state index is 5.62. The van der Waals surface area contributed by atoms with E-state index in [1.54, 1.807) is 11.3 Å². The lowest BCUT2D eigenvalue weighted by molar-refractivity contribution is 1.14. The average molecular weight is 300 g/mol. The molecule has 0 fully saturated rings. The van der Waals surface area contributed by atoms with Crippen LogP contribution in [0.15, 0.2) is 22.7 Å². The van der Waals surface area contributed by atoms with Crippen molar-refractivity contribution in [3.8, 4) is 0 Å². The summed E-state index contributed by atoms with van der Waals surface area (Å²) in [6.07, 6.45) is 1.03. The van der Waals surface area contributed by atoms with Crippen molar-refractivity contribution < 1.29 is 0 Å². The molecule has 0 aliphatic carbocycles. The number of fused-ring (bicyclic) bond motifs is 1. The Balaban J connectivity index is 2.69. The van der Waals surface area contributed by atoms with Crippen molar-refractivity contribution in [1.82, 2.24) is 0 Å². The van der Waals surface area contributed by atoms with Crippen LogP contribution < -0.4 is 5.73 Å². The fraction of sp³-hybridized carbons (Fsp3) is 0.182. The predicted octanol–water partition coefficient (Wildman–Crippen LogP) is 3.86. The summed E-state index contributed by atoms with van der Waals surface area (Å²) in [6.45, 7) is 2.15. The second kappa shape index (κ2) is 4.20. The minimum Gasteiger partial charge on any atom is -0.389 e. The first-order valence-electron chi connectivity index (χ1n) is 4.63. The van der Waals surface area contributed by atoms with Gasteiger partial charge in [0, 0.05) is 9.17 Å². The van der Waals surface area contributed by atoms with Crippen LogP contribution in [0.5, 0.6) is 0 Å². The lowest BCUT2D eigenvalue weighted by Crippen LogP contribution is -2.06. The van der Waals surface area contributed by atoms with Crippen molar-refractivity contribution in [1.29, 1.82) is 0 Å². The zero-order valence-corrected chi connectivity index (χ0v) is 11.4. The summed E-state index contributed by atoms with van der Waals surface area (Å²) in [5.41, 5.74) is 6.95. The molecule has 78 valence electrons. The topological polar surface area (TPSA) is 26.0 Å². The molecule has 0 atom stereocenters. The Hall–Kier alpha value is -0.450. The molecule has 2 N–H and O–H groups in total. The number of benzene rings is 1. The minimum absolute atomic E-state index is 0.473. The lowest BCUT2D eigenvalue weighted by Gasteiger charge is -1.98. The van der Waals surface area contributed by atoms with Gasteiger partial charge in [-0.2, -0.15) is 0 Å². The van der Waals surface area contributed by atoms with Crippen molar-refractivity contribution in [2.75, 3.05) is 0 Å². The summed E-state index contributed by atoms with van der Waals surface area (Å²) in [5.74, 6) is 0. The molecular weight excluding hydrogens is 290 g/mol. The molecule has 0 aliphatic heterocycles. The molecule has 4 heteroatoms. The van der Waals surface area contributed by atoms with E-state index in [2.05, 4.69) is 41.1 Å². The molecule has 0 saturated heterocycles. The van der Waals surface area contributed by atoms with Crippen molar-refractivity contribution in [3.05, 3.63) is 33.1 Å². The zero-order valence-electron chi connectivity index (χ0n) is 8.21. The summed E-state index contributed by atoms with van der Waals surface area (Å²) >= 11 is 10.2. The van der Waals surface area contributed by atoms with Gasteiger partial charge in [-0.3, -0.25) is 0 Å². The van der Waals surface area contributed by atoms with E-state index in [1.807, 2.05) is 0 Å². The van der Waals surface area contributed by atoms with E-state index < -0.39 is 0 Å². The highest BCUT2D eigenvalue weighted by atomic mass is 79.9. The van der Waals surface area contributed by atoms with E-state index in [4.69, 9.17) is 18.0 Å². The van der Waals surface area contributed by atoms with Crippen LogP contribution in [-0.4, -0.2) is 4.99 Å². The van der Waals surface area contributed by atoms with Crippen LogP contribution in [0.2, 0.25) is 0 Å². The first kappa shape index (κ1) is 11.0. The Bertz CT molecular complexity index is 531. The van der Waals surface area contributed by atoms with Crippen LogP contribution in [0, 0.1) is 0 Å². The molecule has 2 rings (SSSR count). The molecule has 0 aliphatic rings. The van der Waals surface area contributed by atoms with Gasteiger partial charge >= 0.3 is 0 Å². The highest BCUT2D eigenvalue weighted by Crippen LogP contribution is 2.33. The Morgan fingerprint density at radius 1 is 1.47 bits per heavy atom. The smallest absolute Gasteiger partial charge is 0.114 e. The van der Waals surface area contributed by atoms with Crippen LogP contribution in [0.1, 0.15) is 17.4 Å². The molecule has 15 heavy (non-hydrogen) atoms. The summed E-state index contributed by atoms with van der Waals surface area (Å²) in [5, 5.41) is 1.22. The summed E-state index contributed by atoms with van der Waals surface area (Å²) in [4.78, 5) is 1.45. The number of thiocarbonyl (C=S) groups is 1. The standard InChI is InChI=1S/C11H10BrNS2/c1-2-6-3-7-5-9(11(13)14)15-10(7)8(12)4-6/h3-5H,2H2,1H3,(H2,13,14). The molecule has 0 saturated carbocycles. The van der Waals surface area contributed by atoms with Crippen LogP contribution in [0.3, 0.4) is 0 Å². The second-order valence-corrected chi connectivity index (χ2v) is 5.67. The molecule has 0 spiro atoms. The van der Waals surface area contributed by atoms with Gasteiger partial charge in [-0.1, -0.05) is 25.2 Å². The number of nitrogens with two attached hydrogens (primary N) is 1. The molecule has 0 bridgehead atoms. The van der Waals surface area contributed by atoms with Gasteiger partial charge in [-0.05, 0) is 45.4 Å². The summed E-state index contributed by atoms with van der Waals surface area (Å²) in [6, 6.07) is 6.41. The fourth-order valence-corrected chi connectivity index (χ4v) is 3.34. The van der Waals surface area contributed by atoms with Gasteiger partial charge in [0.1, 0.15) is 4.99 Å². The van der Waals surface area contributed by atoms with Gasteiger partial charge in [0.15, 0.2) is 0 Å². The normalized spacial score (nSPS) is 10.8. The largest absolute Gasteiger partial charge is 0.389 e. The van der Waals surface area contributed by atoms with E-state index in [0.29, 0.717) is 4.99 Å². The Morgan fingerprint density at radius 2 is 2.20 bits per heavy atom. The van der Waals surface area contributed by atoms with Crippen molar-refractivity contribution in [3.63, 3.8) is 0 Å². The van der Waals surface area contributed by atoms with Crippen molar-refractivity contribution in [2.24, 2.45) is 5.73 Å². The Labute approximate surface area is 106 Å². The number of hydrogen-bond acceptors (Lipinski definition) is 2. The first-order chi connectivity index (χ1) is 7.11. The van der Waals surface area contributed by atoms with Gasteiger partial charge in [-0.25, -0.2) is 0 Å². The third-order valence-corrected chi connectivity index (χ3v) is 4.74. The molecule has 1 aromatic carbocycles. The quantitative estimate of drug-likeness (QED) is 0.852. The predicted molar refractivity (Wildman–Crippen MR) is 74.8 cm³/mol. The van der Waals surface area contributed by atoms with Gasteiger partial charge in [0.05, 0.1) is 4.88 Å². The number of rotatable bonds is 2. The molecule has 2 aromatic rings. The maximum Gasteiger partial charge on any atom is 0.114 e. The molecular formula is C11H10BrNS2. The summed E-state index contributed by atoms with van der Waals surface area (Å²) in [7, 11) is 0. The molecule has 0 unspecified atom stereocenters. The molecule has 0 amide bonds. The van der Waals surface area contributed by atoms with Crippen LogP contribution in [0.25, 0.3) is 10.1 Å². The number of aryl methyl sites for hydroxylation is 1. The van der Waals surface area contributed by atoms with E-state index in [1.165, 1.54) is 15.6 Å². The number of halogens is 1. The zero-order chi connectivity index (χ0) is 11.0. The van der Waals surface area contributed by atoms with Gasteiger partial charge in [0.25, 0.3) is 0 Å². The van der Waals surface area contributed by atoms with E-state index >= 15 is 0 Å². The highest BCUT2D eigenvalue weighted by Gasteiger charge is 2.07. The van der Waals surface area contributed by atoms with Gasteiger partial charge in [-0.15, -0.1) is 11.3 Å². The van der Waals surface area contributed by atoms with Crippen LogP contribution >= 0.6 is 39.5 Å². The average Bonchev–Trinajstić information content (AvgIpc) is 2.61. The lowest BCUT2D eigenvalue weighted by atomic mass is 10.1. The first-order valence-corrected chi connectivity index (χ1v) is 6.65. The van der Waals surface area contributed by atoms with Crippen molar-refractivity contribution >= 4 is 54.6 Å². The van der Waals surface area contributed by atoms with Gasteiger partial charge in [0.2, 0.25) is 0 Å². The fourth-order valence-electron chi connectivity index (χ4n) is 1.49. The minimum atomic E-state index is 0.473. The third-order valence-electron chi connectivity index (χ3n) is 2.28. The van der Waals surface area contributed by atoms with Crippen LogP contribution in [0.4, 0.5) is 0 Å².